The van der Waals surface area contributed by atoms with Gasteiger partial charge in [-0.1, -0.05) is 19.9 Å². The highest BCUT2D eigenvalue weighted by molar-refractivity contribution is 9.10. The molecule has 0 atom stereocenters. The molecule has 2 aromatic rings. The highest BCUT2D eigenvalue weighted by atomic mass is 79.9. The SMILES string of the molecule is CC(C)Cn1c(NC2=NCCN2)nc2c(Br)cccc21. The van der Waals surface area contributed by atoms with Crippen LogP contribution in [0.3, 0.4) is 0 Å². The molecule has 3 rings (SSSR count). The third-order valence-electron chi connectivity index (χ3n) is 3.18. The number of aromatic nitrogens is 2. The van der Waals surface area contributed by atoms with E-state index in [0.29, 0.717) is 5.92 Å². The molecule has 0 bridgehead atoms. The first-order valence-electron chi connectivity index (χ1n) is 6.85. The first kappa shape index (κ1) is 13.4. The summed E-state index contributed by atoms with van der Waals surface area (Å²) in [6.45, 7) is 7.04. The highest BCUT2D eigenvalue weighted by Crippen LogP contribution is 2.27. The number of para-hydroxylation sites is 1. The Bertz CT molecular complexity index is 659. The van der Waals surface area contributed by atoms with E-state index in [0.717, 1.165) is 47.0 Å². The van der Waals surface area contributed by atoms with E-state index in [1.807, 2.05) is 12.1 Å². The van der Waals surface area contributed by atoms with Crippen LogP contribution in [-0.2, 0) is 6.54 Å². The largest absolute Gasteiger partial charge is 0.354 e. The van der Waals surface area contributed by atoms with Gasteiger partial charge in [-0.25, -0.2) is 4.98 Å². The lowest BCUT2D eigenvalue weighted by molar-refractivity contribution is 0.537. The second-order valence-electron chi connectivity index (χ2n) is 5.33. The number of aliphatic imine (C=N–C) groups is 1. The van der Waals surface area contributed by atoms with Gasteiger partial charge < -0.3 is 9.88 Å². The molecule has 1 aliphatic heterocycles. The third-order valence-corrected chi connectivity index (χ3v) is 3.82. The monoisotopic (exact) mass is 335 g/mol. The fourth-order valence-corrected chi connectivity index (χ4v) is 2.79. The van der Waals surface area contributed by atoms with Crippen molar-refractivity contribution in [1.29, 1.82) is 0 Å². The van der Waals surface area contributed by atoms with Gasteiger partial charge in [-0.05, 0) is 34.0 Å². The Balaban J connectivity index is 2.06. The first-order valence-corrected chi connectivity index (χ1v) is 7.64. The topological polar surface area (TPSA) is 54.2 Å². The minimum Gasteiger partial charge on any atom is -0.354 e. The molecule has 0 saturated carbocycles. The summed E-state index contributed by atoms with van der Waals surface area (Å²) in [6.07, 6.45) is 0. The number of guanidine groups is 1. The van der Waals surface area contributed by atoms with Gasteiger partial charge in [0.1, 0.15) is 5.52 Å². The van der Waals surface area contributed by atoms with E-state index in [4.69, 9.17) is 4.98 Å². The van der Waals surface area contributed by atoms with Crippen LogP contribution in [0.25, 0.3) is 11.0 Å². The first-order chi connectivity index (χ1) is 9.65. The lowest BCUT2D eigenvalue weighted by Crippen LogP contribution is -2.28. The fraction of sp³-hybridized carbons (Fsp3) is 0.429. The van der Waals surface area contributed by atoms with Crippen molar-refractivity contribution >= 4 is 38.9 Å². The van der Waals surface area contributed by atoms with Gasteiger partial charge in [0.25, 0.3) is 0 Å². The summed E-state index contributed by atoms with van der Waals surface area (Å²) in [7, 11) is 0. The molecule has 1 aliphatic rings. The number of halogens is 1. The highest BCUT2D eigenvalue weighted by Gasteiger charge is 2.16. The second kappa shape index (κ2) is 5.44. The number of nitrogens with zero attached hydrogens (tertiary/aromatic N) is 3. The van der Waals surface area contributed by atoms with Crippen molar-refractivity contribution in [1.82, 2.24) is 14.9 Å². The van der Waals surface area contributed by atoms with Gasteiger partial charge in [0.2, 0.25) is 5.95 Å². The Morgan fingerprint density at radius 2 is 2.30 bits per heavy atom. The molecule has 5 nitrogen and oxygen atoms in total. The summed E-state index contributed by atoms with van der Waals surface area (Å²) >= 11 is 3.57. The number of hydrogen-bond donors (Lipinski definition) is 2. The minimum atomic E-state index is 0.547. The Morgan fingerprint density at radius 1 is 1.45 bits per heavy atom. The molecule has 2 heterocycles. The van der Waals surface area contributed by atoms with Gasteiger partial charge in [0, 0.05) is 17.6 Å². The van der Waals surface area contributed by atoms with Crippen LogP contribution in [0.15, 0.2) is 27.7 Å². The fourth-order valence-electron chi connectivity index (χ4n) is 2.35. The second-order valence-corrected chi connectivity index (χ2v) is 6.18. The van der Waals surface area contributed by atoms with E-state index in [9.17, 15) is 0 Å². The lowest BCUT2D eigenvalue weighted by Gasteiger charge is -2.12. The van der Waals surface area contributed by atoms with Crippen molar-refractivity contribution in [2.45, 2.75) is 20.4 Å². The Kier molecular flexibility index (Phi) is 3.65. The molecule has 0 spiro atoms. The summed E-state index contributed by atoms with van der Waals surface area (Å²) in [5.41, 5.74) is 2.11. The molecular formula is C14H18BrN5. The van der Waals surface area contributed by atoms with E-state index >= 15 is 0 Å². The smallest absolute Gasteiger partial charge is 0.210 e. The van der Waals surface area contributed by atoms with Crippen molar-refractivity contribution in [2.24, 2.45) is 10.9 Å². The standard InChI is InChI=1S/C14H18BrN5/c1-9(2)8-20-11-5-3-4-10(15)12(11)18-14(20)19-13-16-6-7-17-13/h3-5,9H,6-8H2,1-2H3,(H2,16,17,18,19). The molecule has 6 heteroatoms. The van der Waals surface area contributed by atoms with Crippen LogP contribution in [0, 0.1) is 5.92 Å². The average Bonchev–Trinajstić information content (AvgIpc) is 3.00. The van der Waals surface area contributed by atoms with Crippen molar-refractivity contribution < 1.29 is 0 Å². The van der Waals surface area contributed by atoms with Crippen LogP contribution in [0.2, 0.25) is 0 Å². The zero-order valence-electron chi connectivity index (χ0n) is 11.7. The molecular weight excluding hydrogens is 318 g/mol. The lowest BCUT2D eigenvalue weighted by atomic mass is 10.2. The van der Waals surface area contributed by atoms with Crippen molar-refractivity contribution in [2.75, 3.05) is 18.4 Å². The number of nitrogens with one attached hydrogen (secondary N) is 2. The van der Waals surface area contributed by atoms with E-state index in [1.165, 1.54) is 0 Å². The number of imidazole rings is 1. The predicted octanol–water partition coefficient (Wildman–Crippen LogP) is 2.83. The molecule has 2 N–H and O–H groups in total. The quantitative estimate of drug-likeness (QED) is 0.906. The normalized spacial score (nSPS) is 14.7. The van der Waals surface area contributed by atoms with Gasteiger partial charge in [0.15, 0.2) is 5.96 Å². The van der Waals surface area contributed by atoms with Crippen molar-refractivity contribution in [3.63, 3.8) is 0 Å². The number of anilines is 1. The molecule has 1 aromatic heterocycles. The molecule has 0 saturated heterocycles. The van der Waals surface area contributed by atoms with E-state index in [-0.39, 0.29) is 0 Å². The van der Waals surface area contributed by atoms with Gasteiger partial charge in [0.05, 0.1) is 12.1 Å². The van der Waals surface area contributed by atoms with Crippen LogP contribution in [0.5, 0.6) is 0 Å². The number of fused-ring (bicyclic) bond motifs is 1. The van der Waals surface area contributed by atoms with E-state index < -0.39 is 0 Å². The Labute approximate surface area is 126 Å². The number of benzene rings is 1. The maximum Gasteiger partial charge on any atom is 0.210 e. The molecule has 0 radical (unpaired) electrons. The summed E-state index contributed by atoms with van der Waals surface area (Å²) in [5, 5.41) is 6.52. The third kappa shape index (κ3) is 2.52. The summed E-state index contributed by atoms with van der Waals surface area (Å²) < 4.78 is 3.23. The molecule has 0 aliphatic carbocycles. The molecule has 106 valence electrons. The van der Waals surface area contributed by atoms with E-state index in [2.05, 4.69) is 56.0 Å². The maximum atomic E-state index is 4.71. The molecule has 1 aromatic carbocycles. The van der Waals surface area contributed by atoms with Crippen molar-refractivity contribution in [3.8, 4) is 0 Å². The Morgan fingerprint density at radius 3 is 3.00 bits per heavy atom. The molecule has 0 unspecified atom stereocenters. The van der Waals surface area contributed by atoms with Crippen LogP contribution >= 0.6 is 15.9 Å². The summed E-state index contributed by atoms with van der Waals surface area (Å²) in [5.74, 6) is 2.19. The minimum absolute atomic E-state index is 0.547. The zero-order valence-corrected chi connectivity index (χ0v) is 13.2. The average molecular weight is 336 g/mol. The predicted molar refractivity (Wildman–Crippen MR) is 86.2 cm³/mol. The maximum absolute atomic E-state index is 4.71. The van der Waals surface area contributed by atoms with Crippen LogP contribution in [-0.4, -0.2) is 28.6 Å². The number of hydrogen-bond acceptors (Lipinski definition) is 4. The van der Waals surface area contributed by atoms with Gasteiger partial charge in [-0.3, -0.25) is 10.3 Å². The van der Waals surface area contributed by atoms with Crippen molar-refractivity contribution in [3.05, 3.63) is 22.7 Å². The van der Waals surface area contributed by atoms with Crippen LogP contribution < -0.4 is 10.6 Å². The number of rotatable bonds is 3. The zero-order chi connectivity index (χ0) is 14.1. The molecule has 20 heavy (non-hydrogen) atoms. The Hall–Kier alpha value is -1.56. The van der Waals surface area contributed by atoms with Gasteiger partial charge in [-0.15, -0.1) is 0 Å². The summed E-state index contributed by atoms with van der Waals surface area (Å²) in [4.78, 5) is 9.09. The van der Waals surface area contributed by atoms with Gasteiger partial charge >= 0.3 is 0 Å². The van der Waals surface area contributed by atoms with Crippen LogP contribution in [0.1, 0.15) is 13.8 Å². The molecule has 0 fully saturated rings. The van der Waals surface area contributed by atoms with Gasteiger partial charge in [-0.2, -0.15) is 0 Å². The molecule has 0 amide bonds. The summed E-state index contributed by atoms with van der Waals surface area (Å²) in [6, 6.07) is 6.16. The van der Waals surface area contributed by atoms with Crippen LogP contribution in [0.4, 0.5) is 5.95 Å². The van der Waals surface area contributed by atoms with E-state index in [1.54, 1.807) is 0 Å².